The topological polar surface area (TPSA) is 74.7 Å². The number of benzene rings is 1. The van der Waals surface area contributed by atoms with Crippen LogP contribution in [-0.2, 0) is 0 Å². The van der Waals surface area contributed by atoms with Crippen molar-refractivity contribution in [1.29, 1.82) is 0 Å². The standard InChI is InChI=1S/C15H12ClN3O2/c16-10-5-6-14(19(20)21)11(9-10)15(12-3-1-7-17-12)13-4-2-8-18-13/h1-9,15,17-18H. The molecule has 0 saturated heterocycles. The van der Waals surface area contributed by atoms with Crippen molar-refractivity contribution in [2.24, 2.45) is 0 Å². The van der Waals surface area contributed by atoms with E-state index >= 15 is 0 Å². The Hall–Kier alpha value is -2.53. The van der Waals surface area contributed by atoms with Crippen LogP contribution in [0.4, 0.5) is 5.69 Å². The van der Waals surface area contributed by atoms with Gasteiger partial charge in [-0.2, -0.15) is 0 Å². The molecule has 0 aliphatic heterocycles. The molecule has 0 aliphatic rings. The maximum absolute atomic E-state index is 11.3. The van der Waals surface area contributed by atoms with Crippen LogP contribution in [0, 0.1) is 10.1 Å². The zero-order chi connectivity index (χ0) is 14.8. The van der Waals surface area contributed by atoms with E-state index in [0.717, 1.165) is 11.4 Å². The van der Waals surface area contributed by atoms with Crippen molar-refractivity contribution < 1.29 is 4.92 Å². The molecular weight excluding hydrogens is 290 g/mol. The SMILES string of the molecule is O=[N+]([O-])c1ccc(Cl)cc1C(c1ccc[nH]1)c1ccc[nH]1. The van der Waals surface area contributed by atoms with Gasteiger partial charge in [0.05, 0.1) is 10.8 Å². The number of nitro benzene ring substituents is 1. The molecule has 0 amide bonds. The highest BCUT2D eigenvalue weighted by molar-refractivity contribution is 6.30. The predicted molar refractivity (Wildman–Crippen MR) is 80.6 cm³/mol. The Morgan fingerprint density at radius 1 is 1.05 bits per heavy atom. The molecule has 0 atom stereocenters. The molecule has 6 heteroatoms. The normalized spacial score (nSPS) is 11.0. The molecule has 3 aromatic rings. The van der Waals surface area contributed by atoms with Gasteiger partial charge >= 0.3 is 0 Å². The molecule has 0 bridgehead atoms. The number of aromatic nitrogens is 2. The first-order valence-electron chi connectivity index (χ1n) is 6.37. The summed E-state index contributed by atoms with van der Waals surface area (Å²) >= 11 is 6.05. The van der Waals surface area contributed by atoms with E-state index in [-0.39, 0.29) is 16.5 Å². The van der Waals surface area contributed by atoms with Crippen LogP contribution in [0.5, 0.6) is 0 Å². The van der Waals surface area contributed by atoms with Crippen LogP contribution in [-0.4, -0.2) is 14.9 Å². The van der Waals surface area contributed by atoms with Gasteiger partial charge in [0.2, 0.25) is 0 Å². The molecular formula is C15H12ClN3O2. The first-order valence-corrected chi connectivity index (χ1v) is 6.75. The molecule has 0 fully saturated rings. The molecule has 2 heterocycles. The van der Waals surface area contributed by atoms with E-state index in [1.54, 1.807) is 18.5 Å². The summed E-state index contributed by atoms with van der Waals surface area (Å²) in [5.41, 5.74) is 2.33. The third-order valence-electron chi connectivity index (χ3n) is 3.36. The molecule has 3 rings (SSSR count). The van der Waals surface area contributed by atoms with E-state index in [0.29, 0.717) is 10.6 Å². The number of nitrogens with zero attached hydrogens (tertiary/aromatic N) is 1. The number of hydrogen-bond acceptors (Lipinski definition) is 2. The molecule has 0 radical (unpaired) electrons. The number of nitro groups is 1. The van der Waals surface area contributed by atoms with E-state index in [2.05, 4.69) is 9.97 Å². The summed E-state index contributed by atoms with van der Waals surface area (Å²) in [6, 6.07) is 12.1. The Kier molecular flexibility index (Phi) is 3.50. The fraction of sp³-hybridized carbons (Fsp3) is 0.0667. The maximum atomic E-state index is 11.3. The third kappa shape index (κ3) is 2.55. The summed E-state index contributed by atoms with van der Waals surface area (Å²) < 4.78 is 0. The highest BCUT2D eigenvalue weighted by atomic mass is 35.5. The molecule has 2 aromatic heterocycles. The molecule has 2 N–H and O–H groups in total. The molecule has 21 heavy (non-hydrogen) atoms. The number of H-pyrrole nitrogens is 2. The highest BCUT2D eigenvalue weighted by Gasteiger charge is 2.26. The van der Waals surface area contributed by atoms with E-state index in [1.807, 2.05) is 24.3 Å². The van der Waals surface area contributed by atoms with Crippen LogP contribution in [0.3, 0.4) is 0 Å². The zero-order valence-electron chi connectivity index (χ0n) is 10.9. The lowest BCUT2D eigenvalue weighted by Gasteiger charge is -2.15. The number of halogens is 1. The largest absolute Gasteiger partial charge is 0.364 e. The average molecular weight is 302 g/mol. The fourth-order valence-electron chi connectivity index (χ4n) is 2.47. The molecule has 1 aromatic carbocycles. The van der Waals surface area contributed by atoms with Gasteiger partial charge in [-0.3, -0.25) is 10.1 Å². The summed E-state index contributed by atoms with van der Waals surface area (Å²) in [7, 11) is 0. The van der Waals surface area contributed by atoms with Gasteiger partial charge in [0.25, 0.3) is 5.69 Å². The lowest BCUT2D eigenvalue weighted by molar-refractivity contribution is -0.385. The van der Waals surface area contributed by atoms with Crippen LogP contribution < -0.4 is 0 Å². The second-order valence-corrected chi connectivity index (χ2v) is 5.08. The molecule has 0 spiro atoms. The van der Waals surface area contributed by atoms with E-state index in [1.165, 1.54) is 12.1 Å². The number of aromatic amines is 2. The van der Waals surface area contributed by atoms with Crippen LogP contribution in [0.1, 0.15) is 22.9 Å². The Balaban J connectivity index is 2.22. The summed E-state index contributed by atoms with van der Waals surface area (Å²) in [6.07, 6.45) is 3.59. The van der Waals surface area contributed by atoms with E-state index < -0.39 is 0 Å². The van der Waals surface area contributed by atoms with Crippen molar-refractivity contribution in [3.8, 4) is 0 Å². The summed E-state index contributed by atoms with van der Waals surface area (Å²) in [4.78, 5) is 17.2. The maximum Gasteiger partial charge on any atom is 0.273 e. The first kappa shape index (κ1) is 13.5. The van der Waals surface area contributed by atoms with E-state index in [4.69, 9.17) is 11.6 Å². The van der Waals surface area contributed by atoms with Crippen molar-refractivity contribution in [1.82, 2.24) is 9.97 Å². The van der Waals surface area contributed by atoms with Gasteiger partial charge < -0.3 is 9.97 Å². The van der Waals surface area contributed by atoms with E-state index in [9.17, 15) is 10.1 Å². The van der Waals surface area contributed by atoms with Crippen LogP contribution in [0.15, 0.2) is 54.9 Å². The van der Waals surface area contributed by atoms with Gasteiger partial charge in [-0.05, 0) is 36.4 Å². The van der Waals surface area contributed by atoms with Gasteiger partial charge in [0.15, 0.2) is 0 Å². The minimum absolute atomic E-state index is 0.0496. The van der Waals surface area contributed by atoms with Crippen LogP contribution >= 0.6 is 11.6 Å². The number of hydrogen-bond donors (Lipinski definition) is 2. The smallest absolute Gasteiger partial charge is 0.273 e. The lowest BCUT2D eigenvalue weighted by atomic mass is 9.91. The molecule has 0 saturated carbocycles. The van der Waals surface area contributed by atoms with Crippen LogP contribution in [0.2, 0.25) is 5.02 Å². The summed E-state index contributed by atoms with van der Waals surface area (Å²) in [5, 5.41) is 11.8. The molecule has 106 valence electrons. The summed E-state index contributed by atoms with van der Waals surface area (Å²) in [5.74, 6) is -0.297. The van der Waals surface area contributed by atoms with Crippen LogP contribution in [0.25, 0.3) is 0 Å². The number of nitrogens with one attached hydrogen (secondary N) is 2. The average Bonchev–Trinajstić information content (AvgIpc) is 3.12. The molecule has 0 aliphatic carbocycles. The highest BCUT2D eigenvalue weighted by Crippen LogP contribution is 2.37. The molecule has 0 unspecified atom stereocenters. The second-order valence-electron chi connectivity index (χ2n) is 4.64. The quantitative estimate of drug-likeness (QED) is 0.562. The van der Waals surface area contributed by atoms with Gasteiger partial charge in [0, 0.05) is 40.4 Å². The Morgan fingerprint density at radius 2 is 1.67 bits per heavy atom. The van der Waals surface area contributed by atoms with Crippen molar-refractivity contribution in [2.75, 3.05) is 0 Å². The first-order chi connectivity index (χ1) is 10.2. The Bertz CT molecular complexity index is 717. The van der Waals surface area contributed by atoms with Gasteiger partial charge in [-0.1, -0.05) is 11.6 Å². The second kappa shape index (κ2) is 5.46. The van der Waals surface area contributed by atoms with Crippen molar-refractivity contribution in [3.63, 3.8) is 0 Å². The summed E-state index contributed by atoms with van der Waals surface area (Å²) in [6.45, 7) is 0. The molecule has 5 nitrogen and oxygen atoms in total. The van der Waals surface area contributed by atoms with Gasteiger partial charge in [0.1, 0.15) is 0 Å². The fourth-order valence-corrected chi connectivity index (χ4v) is 2.65. The van der Waals surface area contributed by atoms with Gasteiger partial charge in [-0.15, -0.1) is 0 Å². The number of rotatable bonds is 4. The van der Waals surface area contributed by atoms with Crippen molar-refractivity contribution in [2.45, 2.75) is 5.92 Å². The van der Waals surface area contributed by atoms with Crippen molar-refractivity contribution >= 4 is 17.3 Å². The predicted octanol–water partition coefficient (Wildman–Crippen LogP) is 4.08. The Labute approximate surface area is 125 Å². The minimum atomic E-state index is -0.384. The lowest BCUT2D eigenvalue weighted by Crippen LogP contribution is -2.07. The van der Waals surface area contributed by atoms with Gasteiger partial charge in [-0.25, -0.2) is 0 Å². The monoisotopic (exact) mass is 301 g/mol. The minimum Gasteiger partial charge on any atom is -0.364 e. The Morgan fingerprint density at radius 3 is 2.14 bits per heavy atom. The third-order valence-corrected chi connectivity index (χ3v) is 3.60. The zero-order valence-corrected chi connectivity index (χ0v) is 11.7. The van der Waals surface area contributed by atoms with Crippen molar-refractivity contribution in [3.05, 3.63) is 86.9 Å².